The molecule has 0 fully saturated rings. The molecule has 0 aliphatic rings. The van der Waals surface area contributed by atoms with Crippen LogP contribution >= 0.6 is 22.7 Å². The average molecular weight is 554 g/mol. The summed E-state index contributed by atoms with van der Waals surface area (Å²) in [6.07, 6.45) is 4.22. The Hall–Kier alpha value is -3.74. The summed E-state index contributed by atoms with van der Waals surface area (Å²) in [5, 5.41) is 13.4. The second-order valence-electron chi connectivity index (χ2n) is 9.22. The fourth-order valence-corrected chi connectivity index (χ4v) is 5.58. The maximum Gasteiger partial charge on any atom is 0.272 e. The van der Waals surface area contributed by atoms with Crippen molar-refractivity contribution in [2.75, 3.05) is 37.8 Å². The summed E-state index contributed by atoms with van der Waals surface area (Å²) in [4.78, 5) is 45.6. The van der Waals surface area contributed by atoms with Gasteiger partial charge >= 0.3 is 0 Å². The number of aryl methyl sites for hydroxylation is 3. The monoisotopic (exact) mass is 553 g/mol. The van der Waals surface area contributed by atoms with Crippen LogP contribution in [0.4, 0.5) is 11.4 Å². The van der Waals surface area contributed by atoms with Crippen LogP contribution in [-0.2, 0) is 14.1 Å². The summed E-state index contributed by atoms with van der Waals surface area (Å²) in [6.45, 7) is 3.26. The van der Waals surface area contributed by atoms with E-state index in [1.807, 2.05) is 37.8 Å². The molecule has 3 amide bonds. The van der Waals surface area contributed by atoms with E-state index in [0.717, 1.165) is 23.5 Å². The van der Waals surface area contributed by atoms with Gasteiger partial charge in [-0.1, -0.05) is 0 Å². The predicted molar refractivity (Wildman–Crippen MR) is 152 cm³/mol. The zero-order chi connectivity index (χ0) is 27.4. The first-order valence-electron chi connectivity index (χ1n) is 12.0. The van der Waals surface area contributed by atoms with Gasteiger partial charge in [0.05, 0.1) is 17.1 Å². The Bertz CT molecular complexity index is 1450. The highest BCUT2D eigenvalue weighted by Gasteiger charge is 2.20. The Morgan fingerprint density at radius 3 is 2.21 bits per heavy atom. The van der Waals surface area contributed by atoms with E-state index in [-0.39, 0.29) is 17.7 Å². The van der Waals surface area contributed by atoms with Crippen LogP contribution in [0.5, 0.6) is 0 Å². The molecule has 4 heterocycles. The highest BCUT2D eigenvalue weighted by Crippen LogP contribution is 2.30. The van der Waals surface area contributed by atoms with Gasteiger partial charge in [-0.25, -0.2) is 4.98 Å². The highest BCUT2D eigenvalue weighted by atomic mass is 32.1. The van der Waals surface area contributed by atoms with Crippen LogP contribution in [0.25, 0.3) is 10.6 Å². The average Bonchev–Trinajstić information content (AvgIpc) is 3.64. The van der Waals surface area contributed by atoms with Crippen molar-refractivity contribution in [3.8, 4) is 10.6 Å². The molecule has 3 N–H and O–H groups in total. The minimum Gasteiger partial charge on any atom is -0.351 e. The van der Waals surface area contributed by atoms with Crippen molar-refractivity contribution in [2.45, 2.75) is 13.3 Å². The molecular weight excluding hydrogens is 522 g/mol. The number of aromatic nitrogens is 3. The summed E-state index contributed by atoms with van der Waals surface area (Å²) >= 11 is 2.92. The van der Waals surface area contributed by atoms with Crippen molar-refractivity contribution in [1.29, 1.82) is 0 Å². The Kier molecular flexibility index (Phi) is 8.45. The summed E-state index contributed by atoms with van der Waals surface area (Å²) in [6, 6.07) is 5.23. The highest BCUT2D eigenvalue weighted by molar-refractivity contribution is 7.17. The molecule has 4 aromatic heterocycles. The number of nitrogens with one attached hydrogen (secondary N) is 3. The third kappa shape index (κ3) is 6.39. The summed E-state index contributed by atoms with van der Waals surface area (Å²) in [7, 11) is 7.46. The molecule has 4 rings (SSSR count). The molecule has 38 heavy (non-hydrogen) atoms. The minimum atomic E-state index is -0.356. The SMILES string of the molecule is Cc1nc(-c2ccsc2)sc1C(=O)Nc1cc(C(=O)Nc2cc(C(=O)NCCCN(C)C)n(C)c2)n(C)c1. The number of nitrogens with zero attached hydrogens (tertiary/aromatic N) is 4. The zero-order valence-electron chi connectivity index (χ0n) is 22.0. The number of amides is 3. The summed E-state index contributed by atoms with van der Waals surface area (Å²) in [5.41, 5.74) is 3.46. The zero-order valence-corrected chi connectivity index (χ0v) is 23.6. The van der Waals surface area contributed by atoms with Crippen molar-refractivity contribution >= 4 is 51.8 Å². The van der Waals surface area contributed by atoms with Crippen molar-refractivity contribution in [3.05, 3.63) is 63.3 Å². The van der Waals surface area contributed by atoms with E-state index in [4.69, 9.17) is 0 Å². The van der Waals surface area contributed by atoms with Crippen LogP contribution in [0.3, 0.4) is 0 Å². The van der Waals surface area contributed by atoms with E-state index in [0.29, 0.717) is 39.9 Å². The van der Waals surface area contributed by atoms with E-state index in [2.05, 4.69) is 25.8 Å². The molecule has 0 spiro atoms. The molecule has 0 atom stereocenters. The van der Waals surface area contributed by atoms with Gasteiger partial charge in [0, 0.05) is 44.0 Å². The Morgan fingerprint density at radius 1 is 0.974 bits per heavy atom. The van der Waals surface area contributed by atoms with Gasteiger partial charge in [-0.3, -0.25) is 14.4 Å². The van der Waals surface area contributed by atoms with Crippen LogP contribution in [0.15, 0.2) is 41.4 Å². The summed E-state index contributed by atoms with van der Waals surface area (Å²) in [5.74, 6) is -0.829. The molecule has 0 bridgehead atoms. The lowest BCUT2D eigenvalue weighted by atomic mass is 10.3. The van der Waals surface area contributed by atoms with E-state index >= 15 is 0 Å². The molecule has 200 valence electrons. The fraction of sp³-hybridized carbons (Fsp3) is 0.308. The number of hydrogen-bond acceptors (Lipinski definition) is 7. The van der Waals surface area contributed by atoms with Crippen molar-refractivity contribution in [2.24, 2.45) is 14.1 Å². The molecule has 0 aliphatic heterocycles. The minimum absolute atomic E-state index is 0.198. The molecule has 0 aromatic carbocycles. The first-order valence-corrected chi connectivity index (χ1v) is 13.8. The molecule has 0 unspecified atom stereocenters. The first kappa shape index (κ1) is 27.3. The van der Waals surface area contributed by atoms with Crippen LogP contribution in [0.1, 0.15) is 42.8 Å². The second kappa shape index (κ2) is 11.8. The van der Waals surface area contributed by atoms with Crippen LogP contribution < -0.4 is 16.0 Å². The predicted octanol–water partition coefficient (Wildman–Crippen LogP) is 4.04. The second-order valence-corrected chi connectivity index (χ2v) is 11.0. The number of hydrogen-bond donors (Lipinski definition) is 3. The van der Waals surface area contributed by atoms with E-state index < -0.39 is 0 Å². The van der Waals surface area contributed by atoms with Gasteiger partial charge in [-0.15, -0.1) is 11.3 Å². The molecule has 0 saturated heterocycles. The van der Waals surface area contributed by atoms with Gasteiger partial charge < -0.3 is 30.0 Å². The van der Waals surface area contributed by atoms with Gasteiger partial charge in [0.2, 0.25) is 0 Å². The van der Waals surface area contributed by atoms with Gasteiger partial charge in [0.15, 0.2) is 0 Å². The number of carbonyl (C=O) groups is 3. The Labute approximate surface area is 229 Å². The Balaban J connectivity index is 1.39. The molecule has 12 heteroatoms. The quantitative estimate of drug-likeness (QED) is 0.257. The van der Waals surface area contributed by atoms with Gasteiger partial charge in [0.1, 0.15) is 21.3 Å². The lowest BCUT2D eigenvalue weighted by Crippen LogP contribution is -2.28. The molecule has 4 aromatic rings. The van der Waals surface area contributed by atoms with Gasteiger partial charge in [0.25, 0.3) is 17.7 Å². The van der Waals surface area contributed by atoms with Crippen LogP contribution in [-0.4, -0.2) is 63.9 Å². The summed E-state index contributed by atoms with van der Waals surface area (Å²) < 4.78 is 3.32. The number of carbonyl (C=O) groups excluding carboxylic acids is 3. The number of rotatable bonds is 10. The molecule has 0 saturated carbocycles. The van der Waals surface area contributed by atoms with Crippen LogP contribution in [0.2, 0.25) is 0 Å². The normalized spacial score (nSPS) is 11.1. The van der Waals surface area contributed by atoms with Crippen LogP contribution in [0, 0.1) is 6.92 Å². The third-order valence-corrected chi connectivity index (χ3v) is 7.72. The molecular formula is C26H31N7O3S2. The van der Waals surface area contributed by atoms with Crippen molar-refractivity contribution < 1.29 is 14.4 Å². The lowest BCUT2D eigenvalue weighted by Gasteiger charge is -2.10. The fourth-order valence-electron chi connectivity index (χ4n) is 3.90. The van der Waals surface area contributed by atoms with Crippen molar-refractivity contribution in [3.63, 3.8) is 0 Å². The largest absolute Gasteiger partial charge is 0.351 e. The topological polar surface area (TPSA) is 113 Å². The van der Waals surface area contributed by atoms with E-state index in [9.17, 15) is 14.4 Å². The standard InChI is InChI=1S/C26H31N7O3S2/c1-16-22(38-26(28-16)17-7-10-37-15-17)25(36)30-19-12-21(33(5)14-19)24(35)29-18-11-20(32(4)13-18)23(34)27-8-6-9-31(2)3/h7,10-15H,6,8-9H2,1-5H3,(H,27,34)(H,29,35)(H,30,36). The third-order valence-electron chi connectivity index (χ3n) is 5.83. The number of thiazole rings is 1. The Morgan fingerprint density at radius 2 is 1.61 bits per heavy atom. The first-order chi connectivity index (χ1) is 18.1. The molecule has 0 aliphatic carbocycles. The molecule has 0 radical (unpaired) electrons. The van der Waals surface area contributed by atoms with Gasteiger partial charge in [-0.2, -0.15) is 11.3 Å². The lowest BCUT2D eigenvalue weighted by molar-refractivity contribution is 0.0942. The van der Waals surface area contributed by atoms with E-state index in [1.165, 1.54) is 11.3 Å². The molecule has 10 nitrogen and oxygen atoms in total. The number of thiophene rings is 1. The van der Waals surface area contributed by atoms with Gasteiger partial charge in [-0.05, 0) is 57.6 Å². The van der Waals surface area contributed by atoms with Crippen molar-refractivity contribution in [1.82, 2.24) is 24.3 Å². The smallest absolute Gasteiger partial charge is 0.272 e. The number of anilines is 2. The maximum atomic E-state index is 13.0. The van der Waals surface area contributed by atoms with E-state index in [1.54, 1.807) is 59.1 Å². The maximum absolute atomic E-state index is 13.0.